The molecule has 1 aliphatic carbocycles. The highest BCUT2D eigenvalue weighted by Gasteiger charge is 2.16. The van der Waals surface area contributed by atoms with E-state index in [2.05, 4.69) is 15.6 Å². The fourth-order valence-corrected chi connectivity index (χ4v) is 3.53. The molecule has 2 N–H and O–H groups in total. The number of anilines is 3. The van der Waals surface area contributed by atoms with Crippen molar-refractivity contribution in [2.45, 2.75) is 38.6 Å². The van der Waals surface area contributed by atoms with Crippen LogP contribution in [0.2, 0.25) is 0 Å². The molecule has 0 atom stereocenters. The summed E-state index contributed by atoms with van der Waals surface area (Å²) in [6.45, 7) is 1.57. The van der Waals surface area contributed by atoms with E-state index in [0.717, 1.165) is 22.8 Å². The van der Waals surface area contributed by atoms with E-state index >= 15 is 0 Å². The fourth-order valence-electron chi connectivity index (χ4n) is 3.53. The topological polar surface area (TPSA) is 66.9 Å². The number of benzene rings is 2. The van der Waals surface area contributed by atoms with Crippen molar-refractivity contribution in [2.24, 2.45) is 0 Å². The van der Waals surface area contributed by atoms with Crippen LogP contribution in [0.3, 0.4) is 0 Å². The lowest BCUT2D eigenvalue weighted by Crippen LogP contribution is -2.16. The number of aromatic nitrogens is 2. The van der Waals surface area contributed by atoms with Crippen LogP contribution >= 0.6 is 0 Å². The van der Waals surface area contributed by atoms with Gasteiger partial charge in [-0.1, -0.05) is 43.2 Å². The zero-order chi connectivity index (χ0) is 19.3. The first kappa shape index (κ1) is 18.2. The Bertz CT molecular complexity index is 948. The largest absolute Gasteiger partial charge is 0.367 e. The SMILES string of the molecule is CC(=O)c1ccc(Nc2nc(NC3CCCC3)cc(-c3ccccc3)n2)cc1. The van der Waals surface area contributed by atoms with Crippen molar-refractivity contribution in [1.29, 1.82) is 0 Å². The van der Waals surface area contributed by atoms with Crippen LogP contribution in [-0.4, -0.2) is 21.8 Å². The summed E-state index contributed by atoms with van der Waals surface area (Å²) in [6, 6.07) is 20.0. The standard InChI is InChI=1S/C23H24N4O/c1-16(28)17-11-13-20(14-12-17)25-23-26-21(18-7-3-2-4-8-18)15-22(27-23)24-19-9-5-6-10-19/h2-4,7-8,11-15,19H,5-6,9-10H2,1H3,(H2,24,25,26,27). The minimum absolute atomic E-state index is 0.0527. The maximum Gasteiger partial charge on any atom is 0.229 e. The summed E-state index contributed by atoms with van der Waals surface area (Å²) in [5, 5.41) is 6.84. The Morgan fingerprint density at radius 1 is 0.964 bits per heavy atom. The van der Waals surface area contributed by atoms with E-state index in [9.17, 15) is 4.79 Å². The number of nitrogens with one attached hydrogen (secondary N) is 2. The van der Waals surface area contributed by atoms with E-state index in [0.29, 0.717) is 17.6 Å². The van der Waals surface area contributed by atoms with Gasteiger partial charge in [-0.15, -0.1) is 0 Å². The molecule has 4 rings (SSSR count). The van der Waals surface area contributed by atoms with E-state index in [-0.39, 0.29) is 5.78 Å². The number of hydrogen-bond donors (Lipinski definition) is 2. The molecule has 5 nitrogen and oxygen atoms in total. The quantitative estimate of drug-likeness (QED) is 0.564. The van der Waals surface area contributed by atoms with Gasteiger partial charge in [-0.25, -0.2) is 4.98 Å². The van der Waals surface area contributed by atoms with Gasteiger partial charge in [0.1, 0.15) is 5.82 Å². The molecule has 0 unspecified atom stereocenters. The predicted molar refractivity (Wildman–Crippen MR) is 113 cm³/mol. The van der Waals surface area contributed by atoms with Gasteiger partial charge < -0.3 is 10.6 Å². The molecule has 1 saturated carbocycles. The Labute approximate surface area is 165 Å². The summed E-state index contributed by atoms with van der Waals surface area (Å²) in [5.41, 5.74) is 3.46. The fraction of sp³-hybridized carbons (Fsp3) is 0.261. The lowest BCUT2D eigenvalue weighted by atomic mass is 10.1. The van der Waals surface area contributed by atoms with Crippen molar-refractivity contribution in [3.05, 3.63) is 66.2 Å². The predicted octanol–water partition coefficient (Wildman–Crippen LogP) is 5.44. The van der Waals surface area contributed by atoms with Crippen molar-refractivity contribution in [3.63, 3.8) is 0 Å². The van der Waals surface area contributed by atoms with Crippen LogP contribution in [0.5, 0.6) is 0 Å². The molecular formula is C23H24N4O. The van der Waals surface area contributed by atoms with Crippen LogP contribution in [0.15, 0.2) is 60.7 Å². The Hall–Kier alpha value is -3.21. The number of hydrogen-bond acceptors (Lipinski definition) is 5. The third-order valence-corrected chi connectivity index (χ3v) is 5.05. The molecule has 0 amide bonds. The Morgan fingerprint density at radius 3 is 2.36 bits per heavy atom. The second-order valence-corrected chi connectivity index (χ2v) is 7.21. The molecule has 0 radical (unpaired) electrons. The van der Waals surface area contributed by atoms with Crippen LogP contribution in [0.4, 0.5) is 17.5 Å². The van der Waals surface area contributed by atoms with Crippen LogP contribution in [0, 0.1) is 0 Å². The molecule has 142 valence electrons. The number of Topliss-reactive ketones (excluding diaryl/α,β-unsaturated/α-hetero) is 1. The van der Waals surface area contributed by atoms with Crippen molar-refractivity contribution in [2.75, 3.05) is 10.6 Å². The van der Waals surface area contributed by atoms with E-state index in [1.54, 1.807) is 6.92 Å². The first-order chi connectivity index (χ1) is 13.7. The third kappa shape index (κ3) is 4.36. The zero-order valence-electron chi connectivity index (χ0n) is 16.0. The molecule has 0 bridgehead atoms. The van der Waals surface area contributed by atoms with E-state index in [1.165, 1.54) is 25.7 Å². The van der Waals surface area contributed by atoms with Gasteiger partial charge in [0.15, 0.2) is 5.78 Å². The summed E-state index contributed by atoms with van der Waals surface area (Å²) in [7, 11) is 0. The molecule has 0 spiro atoms. The highest BCUT2D eigenvalue weighted by Crippen LogP contribution is 2.26. The molecule has 1 aromatic heterocycles. The molecular weight excluding hydrogens is 348 g/mol. The Morgan fingerprint density at radius 2 is 1.68 bits per heavy atom. The molecule has 5 heteroatoms. The average Bonchev–Trinajstić information content (AvgIpc) is 3.22. The zero-order valence-corrected chi connectivity index (χ0v) is 16.0. The van der Waals surface area contributed by atoms with Crippen molar-refractivity contribution < 1.29 is 4.79 Å². The second-order valence-electron chi connectivity index (χ2n) is 7.21. The summed E-state index contributed by atoms with van der Waals surface area (Å²) in [6.07, 6.45) is 4.89. The van der Waals surface area contributed by atoms with Gasteiger partial charge in [0.25, 0.3) is 0 Å². The molecule has 0 saturated heterocycles. The van der Waals surface area contributed by atoms with E-state index in [4.69, 9.17) is 4.98 Å². The van der Waals surface area contributed by atoms with Gasteiger partial charge in [-0.3, -0.25) is 4.79 Å². The summed E-state index contributed by atoms with van der Waals surface area (Å²) in [4.78, 5) is 20.8. The van der Waals surface area contributed by atoms with Crippen molar-refractivity contribution in [3.8, 4) is 11.3 Å². The molecule has 3 aromatic rings. The summed E-state index contributed by atoms with van der Waals surface area (Å²) < 4.78 is 0. The smallest absolute Gasteiger partial charge is 0.229 e. The molecule has 28 heavy (non-hydrogen) atoms. The Balaban J connectivity index is 1.63. The second kappa shape index (κ2) is 8.21. The normalized spacial score (nSPS) is 14.0. The van der Waals surface area contributed by atoms with Gasteiger partial charge >= 0.3 is 0 Å². The van der Waals surface area contributed by atoms with Crippen LogP contribution in [0.1, 0.15) is 43.0 Å². The highest BCUT2D eigenvalue weighted by atomic mass is 16.1. The third-order valence-electron chi connectivity index (χ3n) is 5.05. The minimum atomic E-state index is 0.0527. The van der Waals surface area contributed by atoms with Gasteiger partial charge in [0.05, 0.1) is 5.69 Å². The van der Waals surface area contributed by atoms with Gasteiger partial charge in [-0.2, -0.15) is 4.98 Å². The summed E-state index contributed by atoms with van der Waals surface area (Å²) >= 11 is 0. The van der Waals surface area contributed by atoms with Gasteiger partial charge in [0.2, 0.25) is 5.95 Å². The summed E-state index contributed by atoms with van der Waals surface area (Å²) in [5.74, 6) is 1.43. The number of carbonyl (C=O) groups excluding carboxylic acids is 1. The molecule has 1 heterocycles. The minimum Gasteiger partial charge on any atom is -0.367 e. The lowest BCUT2D eigenvalue weighted by molar-refractivity contribution is 0.101. The van der Waals surface area contributed by atoms with Crippen LogP contribution in [0.25, 0.3) is 11.3 Å². The monoisotopic (exact) mass is 372 g/mol. The maximum absolute atomic E-state index is 11.5. The molecule has 1 aliphatic rings. The highest BCUT2D eigenvalue weighted by molar-refractivity contribution is 5.94. The van der Waals surface area contributed by atoms with Gasteiger partial charge in [-0.05, 0) is 44.0 Å². The number of ketones is 1. The molecule has 1 fully saturated rings. The Kier molecular flexibility index (Phi) is 5.33. The molecule has 2 aromatic carbocycles. The maximum atomic E-state index is 11.5. The first-order valence-corrected chi connectivity index (χ1v) is 9.76. The first-order valence-electron chi connectivity index (χ1n) is 9.76. The van der Waals surface area contributed by atoms with Crippen molar-refractivity contribution in [1.82, 2.24) is 9.97 Å². The van der Waals surface area contributed by atoms with Gasteiger partial charge in [0, 0.05) is 28.9 Å². The average molecular weight is 372 g/mol. The number of rotatable bonds is 6. The van der Waals surface area contributed by atoms with Crippen LogP contribution < -0.4 is 10.6 Å². The van der Waals surface area contributed by atoms with E-state index in [1.807, 2.05) is 60.7 Å². The number of nitrogens with zero attached hydrogens (tertiary/aromatic N) is 2. The van der Waals surface area contributed by atoms with E-state index < -0.39 is 0 Å². The molecule has 0 aliphatic heterocycles. The van der Waals surface area contributed by atoms with Crippen molar-refractivity contribution >= 4 is 23.2 Å². The number of carbonyl (C=O) groups is 1. The van der Waals surface area contributed by atoms with Crippen LogP contribution in [-0.2, 0) is 0 Å². The lowest BCUT2D eigenvalue weighted by Gasteiger charge is -2.15.